The maximum absolute atomic E-state index is 12.0. The minimum Gasteiger partial charge on any atom is -0.0942 e. The molecule has 0 aromatic heterocycles. The predicted octanol–water partition coefficient (Wildman–Crippen LogP) is 5.80. The number of halogens is 6. The molecule has 0 aliphatic carbocycles. The summed E-state index contributed by atoms with van der Waals surface area (Å²) >= 11 is 2.91. The molecule has 7 heteroatoms. The van der Waals surface area contributed by atoms with Crippen LogP contribution in [0, 0.1) is 0 Å². The molecule has 0 fully saturated rings. The molecule has 1 rings (SSSR count). The van der Waals surface area contributed by atoms with Gasteiger partial charge in [-0.2, -0.15) is 0 Å². The number of rotatable bonds is 4. The average molecular weight is 337 g/mol. The Morgan fingerprint density at radius 2 is 1.59 bits per heavy atom. The monoisotopic (exact) mass is 336 g/mol. The Morgan fingerprint density at radius 1 is 1.06 bits per heavy atom. The molecule has 1 aromatic carbocycles. The zero-order valence-corrected chi connectivity index (χ0v) is 10.9. The second kappa shape index (κ2) is 3.98. The van der Waals surface area contributed by atoms with Crippen molar-refractivity contribution in [3.63, 3.8) is 0 Å². The van der Waals surface area contributed by atoms with Crippen LogP contribution in [0.25, 0.3) is 0 Å². The lowest BCUT2D eigenvalue weighted by Crippen LogP contribution is -2.03. The molecule has 17 heavy (non-hydrogen) atoms. The molecule has 0 heterocycles. The van der Waals surface area contributed by atoms with E-state index in [4.69, 9.17) is 0 Å². The summed E-state index contributed by atoms with van der Waals surface area (Å²) in [5.74, 6) is 0. The molecule has 0 nitrogen and oxygen atoms in total. The first-order chi connectivity index (χ1) is 7.45. The average Bonchev–Trinajstić information content (AvgIpc) is 2.14. The zero-order valence-electron chi connectivity index (χ0n) is 8.50. The largest absolute Gasteiger partial charge is 0.304 e. The molecule has 0 amide bonds. The molecule has 1 aromatic rings. The Balaban J connectivity index is 2.70. The highest BCUT2D eigenvalue weighted by Gasteiger charge is 2.60. The summed E-state index contributed by atoms with van der Waals surface area (Å²) in [6, 6.07) is 8.63. The summed E-state index contributed by atoms with van der Waals surface area (Å²) in [6.45, 7) is 0. The molecule has 0 bridgehead atoms. The molecule has 0 spiro atoms. The Kier molecular flexibility index (Phi) is 3.40. The van der Waals surface area contributed by atoms with Crippen molar-refractivity contribution < 1.29 is 19.4 Å². The van der Waals surface area contributed by atoms with Crippen LogP contribution in [0.1, 0.15) is 5.56 Å². The van der Waals surface area contributed by atoms with Crippen molar-refractivity contribution in [1.29, 1.82) is 0 Å². The van der Waals surface area contributed by atoms with Gasteiger partial charge in [0.2, 0.25) is 0 Å². The van der Waals surface area contributed by atoms with Gasteiger partial charge in [0.15, 0.2) is 0 Å². The minimum atomic E-state index is -9.44. The van der Waals surface area contributed by atoms with Crippen molar-refractivity contribution in [2.45, 2.75) is 11.2 Å². The Bertz CT molecular complexity index is 410. The molecule has 1 atom stereocenters. The van der Waals surface area contributed by atoms with E-state index < -0.39 is 20.5 Å². The van der Waals surface area contributed by atoms with Crippen molar-refractivity contribution in [2.75, 3.05) is 0 Å². The predicted molar refractivity (Wildman–Crippen MR) is 65.1 cm³/mol. The molecule has 0 radical (unpaired) electrons. The molecule has 1 unspecified atom stereocenters. The van der Waals surface area contributed by atoms with Crippen LogP contribution in [0.3, 0.4) is 0 Å². The van der Waals surface area contributed by atoms with Gasteiger partial charge in [-0.25, -0.2) is 0 Å². The first kappa shape index (κ1) is 14.5. The highest BCUT2D eigenvalue weighted by atomic mass is 79.9. The standard InChI is InChI=1S/C10H10BrF5S/c11-10(6-7-17(12,13,14,15)16)8-9-4-2-1-3-5-9/h1-7,10H,8H2/b7-6+. The summed E-state index contributed by atoms with van der Waals surface area (Å²) in [6.07, 6.45) is 0.653. The number of alkyl halides is 1. The van der Waals surface area contributed by atoms with E-state index in [1.165, 1.54) is 0 Å². The van der Waals surface area contributed by atoms with Gasteiger partial charge in [0.1, 0.15) is 0 Å². The summed E-state index contributed by atoms with van der Waals surface area (Å²) in [5, 5.41) is -0.914. The second-order valence-corrected chi connectivity index (χ2v) is 7.07. The summed E-state index contributed by atoms with van der Waals surface area (Å²) in [4.78, 5) is -0.784. The van der Waals surface area contributed by atoms with E-state index in [-0.39, 0.29) is 6.42 Å². The van der Waals surface area contributed by atoms with E-state index in [1.807, 2.05) is 0 Å². The second-order valence-electron chi connectivity index (χ2n) is 3.56. The summed E-state index contributed by atoms with van der Waals surface area (Å²) < 4.78 is 60.0. The van der Waals surface area contributed by atoms with Gasteiger partial charge < -0.3 is 0 Å². The smallest absolute Gasteiger partial charge is 0.0942 e. The molecule has 0 aliphatic heterocycles. The SMILES string of the molecule is FS(F)(F)(F)(F)/C=C/C(Br)Cc1ccccc1. The van der Waals surface area contributed by atoms with E-state index in [1.54, 1.807) is 30.3 Å². The highest BCUT2D eigenvalue weighted by molar-refractivity contribution is 9.09. The Morgan fingerprint density at radius 3 is 2.06 bits per heavy atom. The fraction of sp³-hybridized carbons (Fsp3) is 0.200. The van der Waals surface area contributed by atoms with Crippen molar-refractivity contribution in [3.05, 3.63) is 47.4 Å². The van der Waals surface area contributed by atoms with E-state index in [9.17, 15) is 19.4 Å². The zero-order chi connectivity index (χ0) is 13.2. The molecule has 0 N–H and O–H groups in total. The quantitative estimate of drug-likeness (QED) is 0.481. The van der Waals surface area contributed by atoms with Gasteiger partial charge >= 0.3 is 10.2 Å². The molecule has 98 valence electrons. The van der Waals surface area contributed by atoms with Gasteiger partial charge in [0.05, 0.1) is 5.41 Å². The van der Waals surface area contributed by atoms with E-state index in [0.717, 1.165) is 5.56 Å². The third-order valence-corrected chi connectivity index (χ3v) is 3.12. The topological polar surface area (TPSA) is 0 Å². The summed E-state index contributed by atoms with van der Waals surface area (Å²) in [7, 11) is -9.44. The third kappa shape index (κ3) is 7.38. The molecule has 0 saturated heterocycles. The van der Waals surface area contributed by atoms with Crippen LogP contribution in [0.15, 0.2) is 41.8 Å². The van der Waals surface area contributed by atoms with E-state index >= 15 is 0 Å². The lowest BCUT2D eigenvalue weighted by molar-refractivity contribution is 0.384. The van der Waals surface area contributed by atoms with E-state index in [2.05, 4.69) is 15.9 Å². The molecule has 0 aliphatic rings. The maximum atomic E-state index is 12.0. The Hall–Kier alpha value is -0.560. The third-order valence-electron chi connectivity index (χ3n) is 1.82. The fourth-order valence-electron chi connectivity index (χ4n) is 1.14. The number of hydrogen-bond acceptors (Lipinski definition) is 0. The van der Waals surface area contributed by atoms with Crippen LogP contribution < -0.4 is 0 Å². The van der Waals surface area contributed by atoms with E-state index in [0.29, 0.717) is 6.08 Å². The highest BCUT2D eigenvalue weighted by Crippen LogP contribution is 2.99. The first-order valence-electron chi connectivity index (χ1n) is 4.56. The van der Waals surface area contributed by atoms with Crippen LogP contribution in [0.2, 0.25) is 0 Å². The number of allylic oxidation sites excluding steroid dienone is 1. The lowest BCUT2D eigenvalue weighted by Gasteiger charge is -2.36. The first-order valence-corrected chi connectivity index (χ1v) is 7.49. The normalized spacial score (nSPS) is 18.7. The van der Waals surface area contributed by atoms with Gasteiger partial charge in [-0.1, -0.05) is 71.8 Å². The van der Waals surface area contributed by atoms with Crippen molar-refractivity contribution in [2.24, 2.45) is 0 Å². The fourth-order valence-corrected chi connectivity index (χ4v) is 2.36. The van der Waals surface area contributed by atoms with Crippen LogP contribution in [-0.4, -0.2) is 4.83 Å². The summed E-state index contributed by atoms with van der Waals surface area (Å²) in [5.41, 5.74) is 0.765. The molecule has 0 saturated carbocycles. The van der Waals surface area contributed by atoms with Gasteiger partial charge in [-0.05, 0) is 12.0 Å². The van der Waals surface area contributed by atoms with Gasteiger partial charge in [-0.3, -0.25) is 0 Å². The van der Waals surface area contributed by atoms with Crippen LogP contribution in [0.4, 0.5) is 19.4 Å². The van der Waals surface area contributed by atoms with Crippen LogP contribution in [-0.2, 0) is 6.42 Å². The minimum absolute atomic E-state index is 0.213. The van der Waals surface area contributed by atoms with Gasteiger partial charge in [0, 0.05) is 4.83 Å². The van der Waals surface area contributed by atoms with Crippen molar-refractivity contribution >= 4 is 26.2 Å². The maximum Gasteiger partial charge on any atom is 0.304 e. The van der Waals surface area contributed by atoms with Gasteiger partial charge in [-0.15, -0.1) is 0 Å². The number of hydrogen-bond donors (Lipinski definition) is 0. The van der Waals surface area contributed by atoms with Crippen LogP contribution >= 0.6 is 26.2 Å². The lowest BCUT2D eigenvalue weighted by atomic mass is 10.1. The molecular formula is C10H10BrF5S. The molecular weight excluding hydrogens is 327 g/mol. The van der Waals surface area contributed by atoms with Crippen LogP contribution in [0.5, 0.6) is 0 Å². The van der Waals surface area contributed by atoms with Gasteiger partial charge in [0.25, 0.3) is 0 Å². The van der Waals surface area contributed by atoms with Crippen molar-refractivity contribution in [1.82, 2.24) is 0 Å². The van der Waals surface area contributed by atoms with Crippen molar-refractivity contribution in [3.8, 4) is 0 Å². The number of benzene rings is 1. The Labute approximate surface area is 104 Å².